The van der Waals surface area contributed by atoms with Crippen molar-refractivity contribution in [2.75, 3.05) is 29.8 Å². The predicted octanol–water partition coefficient (Wildman–Crippen LogP) is 4.78. The quantitative estimate of drug-likeness (QED) is 0.525. The molecule has 3 aromatic rings. The highest BCUT2D eigenvalue weighted by Crippen LogP contribution is 2.25. The average Bonchev–Trinajstić information content (AvgIpc) is 2.83. The van der Waals surface area contributed by atoms with Crippen LogP contribution in [0.3, 0.4) is 0 Å². The smallest absolute Gasteiger partial charge is 0.324 e. The lowest BCUT2D eigenvalue weighted by Crippen LogP contribution is -2.49. The van der Waals surface area contributed by atoms with Crippen molar-refractivity contribution in [3.63, 3.8) is 0 Å². The molecule has 0 spiro atoms. The summed E-state index contributed by atoms with van der Waals surface area (Å²) in [6.45, 7) is 3.29. The van der Waals surface area contributed by atoms with Gasteiger partial charge in [0.2, 0.25) is 0 Å². The molecule has 1 heterocycles. The number of nitrogens with one attached hydrogen (secondary N) is 1. The van der Waals surface area contributed by atoms with Crippen LogP contribution in [-0.2, 0) is 16.6 Å². The molecule has 0 atom stereocenters. The molecule has 2 amide bonds. The van der Waals surface area contributed by atoms with E-state index in [0.717, 1.165) is 23.8 Å². The van der Waals surface area contributed by atoms with Gasteiger partial charge < -0.3 is 9.64 Å². The molecule has 4 rings (SSSR count). The maximum Gasteiger partial charge on any atom is 0.324 e. The van der Waals surface area contributed by atoms with Crippen molar-refractivity contribution in [1.82, 2.24) is 4.90 Å². The molecule has 0 aliphatic carbocycles. The Morgan fingerprint density at radius 1 is 1.00 bits per heavy atom. The third-order valence-corrected chi connectivity index (χ3v) is 7.11. The molecular weight excluding hydrogens is 457 g/mol. The number of aryl methyl sites for hydroxylation is 1. The molecule has 1 aliphatic heterocycles. The monoisotopic (exact) mass is 483 g/mol. The first-order valence-corrected chi connectivity index (χ1v) is 12.3. The van der Waals surface area contributed by atoms with Crippen LogP contribution in [0.5, 0.6) is 5.75 Å². The molecule has 34 heavy (non-hydrogen) atoms. The maximum atomic E-state index is 13.8. The van der Waals surface area contributed by atoms with Crippen LogP contribution in [0.2, 0.25) is 0 Å². The van der Waals surface area contributed by atoms with Crippen molar-refractivity contribution in [2.45, 2.75) is 24.8 Å². The lowest BCUT2D eigenvalue weighted by molar-refractivity contribution is 0.192. The van der Waals surface area contributed by atoms with Crippen LogP contribution in [-0.4, -0.2) is 39.5 Å². The Balaban J connectivity index is 1.45. The second kappa shape index (κ2) is 9.72. The SMILES string of the molecule is COc1ccc(CN2CCCN(c3ccc(NS(=O)(=O)c4ccc(C)c(F)c4)cc3)C2=O)cc1. The normalized spacial score (nSPS) is 14.3. The van der Waals surface area contributed by atoms with Crippen LogP contribution in [0.1, 0.15) is 17.5 Å². The van der Waals surface area contributed by atoms with Gasteiger partial charge in [-0.2, -0.15) is 0 Å². The Kier molecular flexibility index (Phi) is 6.74. The van der Waals surface area contributed by atoms with E-state index < -0.39 is 15.8 Å². The van der Waals surface area contributed by atoms with Crippen LogP contribution in [0.4, 0.5) is 20.6 Å². The Morgan fingerprint density at radius 3 is 2.35 bits per heavy atom. The third-order valence-electron chi connectivity index (χ3n) is 5.73. The topological polar surface area (TPSA) is 79.0 Å². The number of hydrogen-bond acceptors (Lipinski definition) is 4. The fourth-order valence-electron chi connectivity index (χ4n) is 3.78. The number of carbonyl (C=O) groups excluding carboxylic acids is 1. The second-order valence-corrected chi connectivity index (χ2v) is 9.80. The summed E-state index contributed by atoms with van der Waals surface area (Å²) in [6.07, 6.45) is 0.815. The summed E-state index contributed by atoms with van der Waals surface area (Å²) in [5, 5.41) is 0. The molecule has 0 radical (unpaired) electrons. The molecule has 178 valence electrons. The second-order valence-electron chi connectivity index (χ2n) is 8.12. The highest BCUT2D eigenvalue weighted by Gasteiger charge is 2.27. The fraction of sp³-hybridized carbons (Fsp3) is 0.240. The maximum absolute atomic E-state index is 13.8. The summed E-state index contributed by atoms with van der Waals surface area (Å²) in [5.41, 5.74) is 2.38. The fourth-order valence-corrected chi connectivity index (χ4v) is 4.85. The van der Waals surface area contributed by atoms with Gasteiger partial charge >= 0.3 is 6.03 Å². The predicted molar refractivity (Wildman–Crippen MR) is 129 cm³/mol. The number of carbonyl (C=O) groups is 1. The van der Waals surface area contributed by atoms with Crippen molar-refractivity contribution >= 4 is 27.4 Å². The molecule has 1 fully saturated rings. The van der Waals surface area contributed by atoms with Gasteiger partial charge in [0, 0.05) is 31.0 Å². The number of anilines is 2. The largest absolute Gasteiger partial charge is 0.497 e. The molecule has 7 nitrogen and oxygen atoms in total. The summed E-state index contributed by atoms with van der Waals surface area (Å²) >= 11 is 0. The van der Waals surface area contributed by atoms with Crippen LogP contribution >= 0.6 is 0 Å². The van der Waals surface area contributed by atoms with Gasteiger partial charge in [0.1, 0.15) is 11.6 Å². The Morgan fingerprint density at radius 2 is 1.71 bits per heavy atom. The first-order valence-electron chi connectivity index (χ1n) is 10.9. The molecule has 0 unspecified atom stereocenters. The molecule has 3 aromatic carbocycles. The van der Waals surface area contributed by atoms with Gasteiger partial charge in [0.15, 0.2) is 0 Å². The van der Waals surface area contributed by atoms with Crippen molar-refractivity contribution < 1.29 is 22.3 Å². The van der Waals surface area contributed by atoms with Crippen molar-refractivity contribution in [2.24, 2.45) is 0 Å². The van der Waals surface area contributed by atoms with Gasteiger partial charge in [-0.15, -0.1) is 0 Å². The highest BCUT2D eigenvalue weighted by molar-refractivity contribution is 7.92. The van der Waals surface area contributed by atoms with Crippen LogP contribution in [0.25, 0.3) is 0 Å². The first-order chi connectivity index (χ1) is 16.3. The van der Waals surface area contributed by atoms with E-state index in [4.69, 9.17) is 4.74 Å². The third kappa shape index (κ3) is 5.14. The molecule has 1 N–H and O–H groups in total. The van der Waals surface area contributed by atoms with Crippen LogP contribution in [0.15, 0.2) is 71.6 Å². The molecule has 0 aromatic heterocycles. The molecule has 1 saturated heterocycles. The molecule has 1 aliphatic rings. The van der Waals surface area contributed by atoms with Crippen molar-refractivity contribution in [3.8, 4) is 5.75 Å². The minimum atomic E-state index is -3.94. The van der Waals surface area contributed by atoms with E-state index in [-0.39, 0.29) is 10.9 Å². The zero-order valence-corrected chi connectivity index (χ0v) is 19.8. The zero-order valence-electron chi connectivity index (χ0n) is 19.0. The summed E-state index contributed by atoms with van der Waals surface area (Å²) in [7, 11) is -2.33. The van der Waals surface area contributed by atoms with Crippen LogP contribution < -0.4 is 14.4 Å². The highest BCUT2D eigenvalue weighted by atomic mass is 32.2. The van der Waals surface area contributed by atoms with Gasteiger partial charge in [0.25, 0.3) is 10.0 Å². The van der Waals surface area contributed by atoms with Gasteiger partial charge in [-0.1, -0.05) is 18.2 Å². The summed E-state index contributed by atoms with van der Waals surface area (Å²) in [5.74, 6) is 0.180. The van der Waals surface area contributed by atoms with E-state index >= 15 is 0 Å². The minimum Gasteiger partial charge on any atom is -0.497 e. The summed E-state index contributed by atoms with van der Waals surface area (Å²) in [4.78, 5) is 16.4. The summed E-state index contributed by atoms with van der Waals surface area (Å²) < 4.78 is 46.7. The summed E-state index contributed by atoms with van der Waals surface area (Å²) in [6, 6.07) is 17.9. The number of rotatable bonds is 7. The Labute approximate surface area is 198 Å². The van der Waals surface area contributed by atoms with E-state index in [1.54, 1.807) is 48.1 Å². The zero-order chi connectivity index (χ0) is 24.3. The van der Waals surface area contributed by atoms with Gasteiger partial charge in [-0.3, -0.25) is 9.62 Å². The molecule has 0 saturated carbocycles. The van der Waals surface area contributed by atoms with E-state index in [0.29, 0.717) is 36.6 Å². The van der Waals surface area contributed by atoms with Crippen molar-refractivity contribution in [3.05, 3.63) is 83.7 Å². The Hall–Kier alpha value is -3.59. The van der Waals surface area contributed by atoms with Gasteiger partial charge in [-0.05, 0) is 73.0 Å². The molecule has 9 heteroatoms. The first kappa shape index (κ1) is 23.6. The lowest BCUT2D eigenvalue weighted by Gasteiger charge is -2.35. The molecule has 0 bridgehead atoms. The standard InChI is InChI=1S/C25H26FN3O4S/c1-18-4-13-23(16-24(18)26)34(31,32)27-20-7-9-21(10-8-20)29-15-3-14-28(25(29)30)17-19-5-11-22(33-2)12-6-19/h4-13,16,27H,3,14-15,17H2,1-2H3. The van der Waals surface area contributed by atoms with Gasteiger partial charge in [0.05, 0.1) is 12.0 Å². The van der Waals surface area contributed by atoms with Crippen LogP contribution in [0, 0.1) is 12.7 Å². The number of ether oxygens (including phenoxy) is 1. The number of methoxy groups -OCH3 is 1. The van der Waals surface area contributed by atoms with Gasteiger partial charge in [-0.25, -0.2) is 17.6 Å². The number of halogens is 1. The number of hydrogen-bond donors (Lipinski definition) is 1. The number of urea groups is 1. The molecular formula is C25H26FN3O4S. The number of amides is 2. The van der Waals surface area contributed by atoms with E-state index in [1.807, 2.05) is 24.3 Å². The minimum absolute atomic E-state index is 0.106. The van der Waals surface area contributed by atoms with E-state index in [1.165, 1.54) is 12.1 Å². The lowest BCUT2D eigenvalue weighted by atomic mass is 10.1. The number of sulfonamides is 1. The number of nitrogens with zero attached hydrogens (tertiary/aromatic N) is 2. The Bertz CT molecular complexity index is 1280. The van der Waals surface area contributed by atoms with Crippen molar-refractivity contribution in [1.29, 1.82) is 0 Å². The van der Waals surface area contributed by atoms with E-state index in [9.17, 15) is 17.6 Å². The van der Waals surface area contributed by atoms with E-state index in [2.05, 4.69) is 4.72 Å². The average molecular weight is 484 g/mol. The number of benzene rings is 3.